The van der Waals surface area contributed by atoms with Crippen LogP contribution in [0, 0.1) is 3.57 Å². The molecule has 0 saturated carbocycles. The van der Waals surface area contributed by atoms with Crippen LogP contribution >= 0.6 is 22.6 Å². The fourth-order valence-corrected chi connectivity index (χ4v) is 1.97. The Hall–Kier alpha value is -0.780. The second-order valence-electron chi connectivity index (χ2n) is 3.93. The Morgan fingerprint density at radius 2 is 2.12 bits per heavy atom. The molecule has 94 valence electrons. The Labute approximate surface area is 116 Å². The van der Waals surface area contributed by atoms with Crippen molar-refractivity contribution in [2.75, 3.05) is 12.3 Å². The maximum Gasteiger partial charge on any atom is 0.340 e. The molecule has 1 rings (SSSR count). The van der Waals surface area contributed by atoms with Crippen LogP contribution in [0.3, 0.4) is 0 Å². The van der Waals surface area contributed by atoms with E-state index in [0.29, 0.717) is 17.9 Å². The summed E-state index contributed by atoms with van der Waals surface area (Å²) in [6.07, 6.45) is 4.38. The summed E-state index contributed by atoms with van der Waals surface area (Å²) in [5.41, 5.74) is 6.68. The number of halogens is 1. The molecule has 0 atom stereocenters. The first-order chi connectivity index (χ1) is 8.15. The number of hydrogen-bond donors (Lipinski definition) is 1. The molecule has 1 aromatic carbocycles. The Bertz CT molecular complexity index is 380. The van der Waals surface area contributed by atoms with Crippen molar-refractivity contribution in [1.82, 2.24) is 0 Å². The van der Waals surface area contributed by atoms with E-state index in [1.54, 1.807) is 12.1 Å². The van der Waals surface area contributed by atoms with E-state index in [1.165, 1.54) is 12.8 Å². The molecule has 4 heteroatoms. The second kappa shape index (κ2) is 7.53. The number of esters is 1. The first-order valence-electron chi connectivity index (χ1n) is 5.87. The lowest BCUT2D eigenvalue weighted by Crippen LogP contribution is -2.09. The van der Waals surface area contributed by atoms with Gasteiger partial charge in [-0.05, 0) is 47.2 Å². The predicted octanol–water partition coefficient (Wildman–Crippen LogP) is 3.61. The monoisotopic (exact) mass is 347 g/mol. The minimum atomic E-state index is -0.322. The zero-order valence-electron chi connectivity index (χ0n) is 10.0. The number of unbranched alkanes of at least 4 members (excludes halogenated alkanes) is 3. The molecule has 0 radical (unpaired) electrons. The van der Waals surface area contributed by atoms with Crippen molar-refractivity contribution in [1.29, 1.82) is 0 Å². The molecular formula is C13H18INO2. The van der Waals surface area contributed by atoms with Crippen LogP contribution in [-0.4, -0.2) is 12.6 Å². The van der Waals surface area contributed by atoms with Gasteiger partial charge in [-0.3, -0.25) is 0 Å². The molecule has 0 unspecified atom stereocenters. The van der Waals surface area contributed by atoms with Crippen molar-refractivity contribution in [2.24, 2.45) is 0 Å². The van der Waals surface area contributed by atoms with Crippen LogP contribution in [0.1, 0.15) is 43.0 Å². The molecule has 0 heterocycles. The van der Waals surface area contributed by atoms with Gasteiger partial charge in [-0.1, -0.05) is 26.2 Å². The van der Waals surface area contributed by atoms with Crippen molar-refractivity contribution in [3.05, 3.63) is 27.3 Å². The van der Waals surface area contributed by atoms with Gasteiger partial charge in [-0.2, -0.15) is 0 Å². The lowest BCUT2D eigenvalue weighted by Gasteiger charge is -2.07. The topological polar surface area (TPSA) is 52.3 Å². The number of ether oxygens (including phenoxy) is 1. The zero-order chi connectivity index (χ0) is 12.7. The van der Waals surface area contributed by atoms with E-state index in [1.807, 2.05) is 6.07 Å². The van der Waals surface area contributed by atoms with Gasteiger partial charge in [-0.15, -0.1) is 0 Å². The summed E-state index contributed by atoms with van der Waals surface area (Å²) in [6.45, 7) is 2.63. The molecule has 0 aliphatic rings. The molecule has 3 nitrogen and oxygen atoms in total. The standard InChI is InChI=1S/C13H18INO2/c1-2-3-4-5-8-17-13(16)11-9-10(14)6-7-12(11)15/h6-7,9H,2-5,8,15H2,1H3. The largest absolute Gasteiger partial charge is 0.462 e. The zero-order valence-corrected chi connectivity index (χ0v) is 12.2. The van der Waals surface area contributed by atoms with Gasteiger partial charge in [0.1, 0.15) is 0 Å². The van der Waals surface area contributed by atoms with Gasteiger partial charge in [0.15, 0.2) is 0 Å². The highest BCUT2D eigenvalue weighted by atomic mass is 127. The Kier molecular flexibility index (Phi) is 6.32. The third kappa shape index (κ3) is 4.93. The smallest absolute Gasteiger partial charge is 0.340 e. The number of carbonyl (C=O) groups excluding carboxylic acids is 1. The van der Waals surface area contributed by atoms with Crippen molar-refractivity contribution in [2.45, 2.75) is 32.6 Å². The van der Waals surface area contributed by atoms with Crippen LogP contribution < -0.4 is 5.73 Å². The molecule has 0 aliphatic carbocycles. The lowest BCUT2D eigenvalue weighted by atomic mass is 10.2. The van der Waals surface area contributed by atoms with Crippen molar-refractivity contribution in [3.8, 4) is 0 Å². The van der Waals surface area contributed by atoms with Gasteiger partial charge in [0.05, 0.1) is 12.2 Å². The summed E-state index contributed by atoms with van der Waals surface area (Å²) in [5, 5.41) is 0. The molecule has 0 amide bonds. The number of nitrogen functional groups attached to an aromatic ring is 1. The Morgan fingerprint density at radius 1 is 1.35 bits per heavy atom. The fourth-order valence-electron chi connectivity index (χ4n) is 1.48. The number of carbonyl (C=O) groups is 1. The highest BCUT2D eigenvalue weighted by molar-refractivity contribution is 14.1. The van der Waals surface area contributed by atoms with Crippen molar-refractivity contribution >= 4 is 34.2 Å². The van der Waals surface area contributed by atoms with Crippen molar-refractivity contribution in [3.63, 3.8) is 0 Å². The summed E-state index contributed by atoms with van der Waals surface area (Å²) in [7, 11) is 0. The maximum absolute atomic E-state index is 11.7. The molecule has 2 N–H and O–H groups in total. The Balaban J connectivity index is 2.44. The molecule has 17 heavy (non-hydrogen) atoms. The Morgan fingerprint density at radius 3 is 2.82 bits per heavy atom. The van der Waals surface area contributed by atoms with E-state index in [-0.39, 0.29) is 5.97 Å². The minimum Gasteiger partial charge on any atom is -0.462 e. The molecule has 0 aromatic heterocycles. The van der Waals surface area contributed by atoms with Gasteiger partial charge in [0.2, 0.25) is 0 Å². The number of benzene rings is 1. The van der Waals surface area contributed by atoms with Gasteiger partial charge < -0.3 is 10.5 Å². The van der Waals surface area contributed by atoms with E-state index in [2.05, 4.69) is 29.5 Å². The summed E-state index contributed by atoms with van der Waals surface area (Å²) in [5.74, 6) is -0.322. The molecule has 1 aromatic rings. The quantitative estimate of drug-likeness (QED) is 0.370. The van der Waals surface area contributed by atoms with Crippen LogP contribution in [0.15, 0.2) is 18.2 Å². The fraction of sp³-hybridized carbons (Fsp3) is 0.462. The van der Waals surface area contributed by atoms with Crippen LogP contribution in [0.5, 0.6) is 0 Å². The molecule has 0 fully saturated rings. The molecule has 0 aliphatic heterocycles. The average molecular weight is 347 g/mol. The molecular weight excluding hydrogens is 329 g/mol. The molecule has 0 spiro atoms. The van der Waals surface area contributed by atoms with Gasteiger partial charge >= 0.3 is 5.97 Å². The summed E-state index contributed by atoms with van der Waals surface area (Å²) in [4.78, 5) is 11.7. The van der Waals surface area contributed by atoms with Crippen LogP contribution in [0.4, 0.5) is 5.69 Å². The number of anilines is 1. The van der Waals surface area contributed by atoms with Gasteiger partial charge in [-0.25, -0.2) is 4.79 Å². The SMILES string of the molecule is CCCCCCOC(=O)c1cc(I)ccc1N. The summed E-state index contributed by atoms with van der Waals surface area (Å²) < 4.78 is 6.17. The van der Waals surface area contributed by atoms with E-state index in [4.69, 9.17) is 10.5 Å². The number of nitrogens with two attached hydrogens (primary N) is 1. The third-order valence-electron chi connectivity index (χ3n) is 2.47. The van der Waals surface area contributed by atoms with E-state index >= 15 is 0 Å². The van der Waals surface area contributed by atoms with Crippen LogP contribution in [-0.2, 0) is 4.74 Å². The van der Waals surface area contributed by atoms with E-state index in [9.17, 15) is 4.79 Å². The highest BCUT2D eigenvalue weighted by Gasteiger charge is 2.11. The average Bonchev–Trinajstić information content (AvgIpc) is 2.32. The van der Waals surface area contributed by atoms with E-state index < -0.39 is 0 Å². The lowest BCUT2D eigenvalue weighted by molar-refractivity contribution is 0.0499. The van der Waals surface area contributed by atoms with Gasteiger partial charge in [0.25, 0.3) is 0 Å². The number of hydrogen-bond acceptors (Lipinski definition) is 3. The summed E-state index contributed by atoms with van der Waals surface area (Å²) >= 11 is 2.15. The minimum absolute atomic E-state index is 0.322. The third-order valence-corrected chi connectivity index (χ3v) is 3.14. The van der Waals surface area contributed by atoms with Crippen LogP contribution in [0.25, 0.3) is 0 Å². The highest BCUT2D eigenvalue weighted by Crippen LogP contribution is 2.17. The van der Waals surface area contributed by atoms with Gasteiger partial charge in [0, 0.05) is 9.26 Å². The summed E-state index contributed by atoms with van der Waals surface area (Å²) in [6, 6.07) is 5.35. The second-order valence-corrected chi connectivity index (χ2v) is 5.17. The predicted molar refractivity (Wildman–Crippen MR) is 78.0 cm³/mol. The molecule has 0 saturated heterocycles. The first-order valence-corrected chi connectivity index (χ1v) is 6.95. The molecule has 0 bridgehead atoms. The normalized spacial score (nSPS) is 10.2. The maximum atomic E-state index is 11.7. The first kappa shape index (κ1) is 14.3. The number of rotatable bonds is 6. The van der Waals surface area contributed by atoms with E-state index in [0.717, 1.165) is 16.4 Å². The van der Waals surface area contributed by atoms with Crippen molar-refractivity contribution < 1.29 is 9.53 Å². The van der Waals surface area contributed by atoms with Crippen LogP contribution in [0.2, 0.25) is 0 Å².